The number of hydrogen-bond donors (Lipinski definition) is 3. The average molecular weight is 265 g/mol. The predicted molar refractivity (Wildman–Crippen MR) is 74.3 cm³/mol. The van der Waals surface area contributed by atoms with E-state index in [9.17, 15) is 5.11 Å². The molecule has 0 bridgehead atoms. The minimum absolute atomic E-state index is 0.147. The molecule has 1 aromatic carbocycles. The molecule has 2 rings (SSSR count). The summed E-state index contributed by atoms with van der Waals surface area (Å²) in [6.45, 7) is 0.742. The quantitative estimate of drug-likeness (QED) is 0.733. The van der Waals surface area contributed by atoms with Crippen molar-refractivity contribution in [2.24, 2.45) is 0 Å². The maximum absolute atomic E-state index is 9.65. The third-order valence-electron chi connectivity index (χ3n) is 3.73. The molecular weight excluding hydrogens is 242 g/mol. The van der Waals surface area contributed by atoms with Gasteiger partial charge in [0, 0.05) is 25.8 Å². The third kappa shape index (κ3) is 3.69. The standard InChI is InChI=1S/C15H23NO3/c1-19-10-12(7-8-17)16-15-4-2-3-11-5-6-13(18)9-14(11)15/h5-6,9,12,15-18H,2-4,7-8,10H2,1H3. The molecule has 19 heavy (non-hydrogen) atoms. The van der Waals surface area contributed by atoms with Gasteiger partial charge >= 0.3 is 0 Å². The Labute approximate surface area is 114 Å². The van der Waals surface area contributed by atoms with E-state index < -0.39 is 0 Å². The van der Waals surface area contributed by atoms with Crippen molar-refractivity contribution >= 4 is 0 Å². The van der Waals surface area contributed by atoms with Crippen LogP contribution in [0.4, 0.5) is 0 Å². The van der Waals surface area contributed by atoms with E-state index in [1.807, 2.05) is 12.1 Å². The SMILES string of the molecule is COCC(CCO)NC1CCCc2ccc(O)cc21. The molecule has 1 aliphatic rings. The van der Waals surface area contributed by atoms with Crippen LogP contribution in [0, 0.1) is 0 Å². The summed E-state index contributed by atoms with van der Waals surface area (Å²) in [6, 6.07) is 6.00. The van der Waals surface area contributed by atoms with E-state index in [2.05, 4.69) is 5.32 Å². The number of methoxy groups -OCH3 is 1. The molecule has 4 heteroatoms. The Bertz CT molecular complexity index is 402. The summed E-state index contributed by atoms with van der Waals surface area (Å²) in [6.07, 6.45) is 3.96. The minimum atomic E-state index is 0.147. The van der Waals surface area contributed by atoms with Crippen molar-refractivity contribution in [3.63, 3.8) is 0 Å². The maximum atomic E-state index is 9.65. The number of benzene rings is 1. The molecule has 1 aliphatic carbocycles. The number of phenols is 1. The lowest BCUT2D eigenvalue weighted by molar-refractivity contribution is 0.140. The Morgan fingerprint density at radius 2 is 2.32 bits per heavy atom. The van der Waals surface area contributed by atoms with Crippen LogP contribution in [-0.2, 0) is 11.2 Å². The van der Waals surface area contributed by atoms with Gasteiger partial charge < -0.3 is 20.3 Å². The number of aromatic hydroxyl groups is 1. The average Bonchev–Trinajstić information content (AvgIpc) is 2.40. The van der Waals surface area contributed by atoms with E-state index >= 15 is 0 Å². The number of rotatable bonds is 6. The Hall–Kier alpha value is -1.10. The monoisotopic (exact) mass is 265 g/mol. The molecule has 0 spiro atoms. The van der Waals surface area contributed by atoms with Gasteiger partial charge in [0.15, 0.2) is 0 Å². The molecule has 0 radical (unpaired) electrons. The van der Waals surface area contributed by atoms with Crippen molar-refractivity contribution in [2.45, 2.75) is 37.8 Å². The molecule has 0 fully saturated rings. The van der Waals surface area contributed by atoms with Crippen molar-refractivity contribution in [1.82, 2.24) is 5.32 Å². The largest absolute Gasteiger partial charge is 0.508 e. The number of aliphatic hydroxyl groups excluding tert-OH is 1. The number of hydrogen-bond acceptors (Lipinski definition) is 4. The lowest BCUT2D eigenvalue weighted by Crippen LogP contribution is -2.38. The molecule has 0 saturated carbocycles. The van der Waals surface area contributed by atoms with Gasteiger partial charge in [0.2, 0.25) is 0 Å². The first kappa shape index (κ1) is 14.3. The summed E-state index contributed by atoms with van der Waals surface area (Å²) in [5, 5.41) is 22.3. The minimum Gasteiger partial charge on any atom is -0.508 e. The molecular formula is C15H23NO3. The van der Waals surface area contributed by atoms with Crippen molar-refractivity contribution in [3.05, 3.63) is 29.3 Å². The lowest BCUT2D eigenvalue weighted by Gasteiger charge is -2.30. The Morgan fingerprint density at radius 3 is 3.05 bits per heavy atom. The Balaban J connectivity index is 2.11. The molecule has 3 N–H and O–H groups in total. The van der Waals surface area contributed by atoms with Gasteiger partial charge in [-0.2, -0.15) is 0 Å². The summed E-state index contributed by atoms with van der Waals surface area (Å²) in [5.41, 5.74) is 2.49. The molecule has 2 unspecified atom stereocenters. The second kappa shape index (κ2) is 6.89. The summed E-state index contributed by atoms with van der Waals surface area (Å²) in [4.78, 5) is 0. The second-order valence-electron chi connectivity index (χ2n) is 5.16. The first-order valence-electron chi connectivity index (χ1n) is 6.92. The van der Waals surface area contributed by atoms with Crippen LogP contribution in [0.3, 0.4) is 0 Å². The summed E-state index contributed by atoms with van der Waals surface area (Å²) in [7, 11) is 1.67. The van der Waals surface area contributed by atoms with Crippen LogP contribution in [-0.4, -0.2) is 36.6 Å². The summed E-state index contributed by atoms with van der Waals surface area (Å²) >= 11 is 0. The molecule has 4 nitrogen and oxygen atoms in total. The molecule has 0 saturated heterocycles. The van der Waals surface area contributed by atoms with E-state index in [1.165, 1.54) is 11.1 Å². The van der Waals surface area contributed by atoms with E-state index in [1.54, 1.807) is 13.2 Å². The first-order valence-corrected chi connectivity index (χ1v) is 6.92. The van der Waals surface area contributed by atoms with Crippen molar-refractivity contribution < 1.29 is 14.9 Å². The van der Waals surface area contributed by atoms with Crippen molar-refractivity contribution in [3.8, 4) is 5.75 Å². The van der Waals surface area contributed by atoms with Crippen LogP contribution < -0.4 is 5.32 Å². The molecule has 1 aromatic rings. The van der Waals surface area contributed by atoms with Gasteiger partial charge in [-0.05, 0) is 48.9 Å². The van der Waals surface area contributed by atoms with Crippen LogP contribution in [0.25, 0.3) is 0 Å². The van der Waals surface area contributed by atoms with E-state index in [0.29, 0.717) is 18.8 Å². The molecule has 0 aliphatic heterocycles. The van der Waals surface area contributed by atoms with Gasteiger partial charge in [-0.25, -0.2) is 0 Å². The van der Waals surface area contributed by atoms with Crippen LogP contribution in [0.1, 0.15) is 36.4 Å². The van der Waals surface area contributed by atoms with Crippen molar-refractivity contribution in [2.75, 3.05) is 20.3 Å². The normalized spacial score (nSPS) is 20.0. The fourth-order valence-electron chi connectivity index (χ4n) is 2.82. The zero-order chi connectivity index (χ0) is 13.7. The fraction of sp³-hybridized carbons (Fsp3) is 0.600. The zero-order valence-corrected chi connectivity index (χ0v) is 11.4. The number of phenolic OH excluding ortho intramolecular Hbond substituents is 1. The predicted octanol–water partition coefficient (Wildman–Crippen LogP) is 1.76. The summed E-state index contributed by atoms with van der Waals surface area (Å²) in [5.74, 6) is 0.317. The van der Waals surface area contributed by atoms with E-state index in [0.717, 1.165) is 19.3 Å². The molecule has 0 amide bonds. The van der Waals surface area contributed by atoms with Gasteiger partial charge in [-0.3, -0.25) is 0 Å². The highest BCUT2D eigenvalue weighted by Crippen LogP contribution is 2.32. The van der Waals surface area contributed by atoms with E-state index in [4.69, 9.17) is 9.84 Å². The number of fused-ring (bicyclic) bond motifs is 1. The third-order valence-corrected chi connectivity index (χ3v) is 3.73. The molecule has 2 atom stereocenters. The second-order valence-corrected chi connectivity index (χ2v) is 5.16. The highest BCUT2D eigenvalue weighted by Gasteiger charge is 2.23. The molecule has 0 aromatic heterocycles. The van der Waals surface area contributed by atoms with Crippen molar-refractivity contribution in [1.29, 1.82) is 0 Å². The van der Waals surface area contributed by atoms with Gasteiger partial charge in [-0.1, -0.05) is 6.07 Å². The number of ether oxygens (including phenoxy) is 1. The van der Waals surface area contributed by atoms with Crippen LogP contribution in [0.2, 0.25) is 0 Å². The van der Waals surface area contributed by atoms with E-state index in [-0.39, 0.29) is 18.7 Å². The van der Waals surface area contributed by atoms with Gasteiger partial charge in [-0.15, -0.1) is 0 Å². The fourth-order valence-corrected chi connectivity index (χ4v) is 2.82. The van der Waals surface area contributed by atoms with Gasteiger partial charge in [0.25, 0.3) is 0 Å². The zero-order valence-electron chi connectivity index (χ0n) is 11.4. The first-order chi connectivity index (χ1) is 9.24. The maximum Gasteiger partial charge on any atom is 0.115 e. The Morgan fingerprint density at radius 1 is 1.47 bits per heavy atom. The molecule has 0 heterocycles. The highest BCUT2D eigenvalue weighted by molar-refractivity contribution is 5.38. The highest BCUT2D eigenvalue weighted by atomic mass is 16.5. The summed E-state index contributed by atoms with van der Waals surface area (Å²) < 4.78 is 5.19. The number of nitrogens with one attached hydrogen (secondary N) is 1. The van der Waals surface area contributed by atoms with Crippen LogP contribution >= 0.6 is 0 Å². The topological polar surface area (TPSA) is 61.7 Å². The lowest BCUT2D eigenvalue weighted by atomic mass is 9.87. The van der Waals surface area contributed by atoms with Gasteiger partial charge in [0.05, 0.1) is 6.61 Å². The Kier molecular flexibility index (Phi) is 5.19. The van der Waals surface area contributed by atoms with Gasteiger partial charge in [0.1, 0.15) is 5.75 Å². The molecule has 106 valence electrons. The smallest absolute Gasteiger partial charge is 0.115 e. The number of aryl methyl sites for hydroxylation is 1. The number of aliphatic hydroxyl groups is 1. The van der Waals surface area contributed by atoms with Crippen LogP contribution in [0.15, 0.2) is 18.2 Å². The van der Waals surface area contributed by atoms with Crippen LogP contribution in [0.5, 0.6) is 5.75 Å².